The Hall–Kier alpha value is -2.02. The van der Waals surface area contributed by atoms with Gasteiger partial charge in [-0.3, -0.25) is 9.59 Å². The van der Waals surface area contributed by atoms with Crippen LogP contribution in [0.3, 0.4) is 0 Å². The molecule has 0 fully saturated rings. The zero-order valence-electron chi connectivity index (χ0n) is 11.7. The molecule has 2 amide bonds. The minimum absolute atomic E-state index is 0.0375. The summed E-state index contributed by atoms with van der Waals surface area (Å²) in [4.78, 5) is 27.1. The summed E-state index contributed by atoms with van der Waals surface area (Å²) in [5.74, 6) is -0.00432. The Morgan fingerprint density at radius 1 is 1.48 bits per heavy atom. The van der Waals surface area contributed by atoms with Gasteiger partial charge in [0, 0.05) is 6.42 Å². The summed E-state index contributed by atoms with van der Waals surface area (Å²) in [5.41, 5.74) is 6.06. The highest BCUT2D eigenvalue weighted by molar-refractivity contribution is 8.15. The fraction of sp³-hybridized carbons (Fsp3) is 0.357. The number of nitrogens with two attached hydrogens (primary N) is 1. The van der Waals surface area contributed by atoms with Gasteiger partial charge in [0.15, 0.2) is 5.17 Å². The van der Waals surface area contributed by atoms with Crippen molar-refractivity contribution >= 4 is 34.4 Å². The van der Waals surface area contributed by atoms with E-state index in [0.29, 0.717) is 18.0 Å². The molecule has 0 aliphatic carbocycles. The largest absolute Gasteiger partial charge is 0.491 e. The normalized spacial score (nSPS) is 17.5. The molecule has 21 heavy (non-hydrogen) atoms. The second kappa shape index (κ2) is 7.12. The molecule has 3 N–H and O–H groups in total. The summed E-state index contributed by atoms with van der Waals surface area (Å²) in [7, 11) is 0. The van der Waals surface area contributed by atoms with Crippen LogP contribution in [0.5, 0.6) is 5.75 Å². The highest BCUT2D eigenvalue weighted by Gasteiger charge is 2.29. The van der Waals surface area contributed by atoms with Crippen molar-refractivity contribution in [3.05, 3.63) is 24.3 Å². The van der Waals surface area contributed by atoms with E-state index < -0.39 is 5.25 Å². The van der Waals surface area contributed by atoms with Gasteiger partial charge in [-0.25, -0.2) is 0 Å². The second-order valence-electron chi connectivity index (χ2n) is 4.49. The molecular weight excluding hydrogens is 290 g/mol. The van der Waals surface area contributed by atoms with E-state index in [9.17, 15) is 9.59 Å². The van der Waals surface area contributed by atoms with Crippen LogP contribution in [0.15, 0.2) is 29.3 Å². The molecule has 6 nitrogen and oxygen atoms in total. The van der Waals surface area contributed by atoms with E-state index in [2.05, 4.69) is 10.3 Å². The monoisotopic (exact) mass is 307 g/mol. The number of thioether (sulfide) groups is 1. The molecule has 1 atom stereocenters. The van der Waals surface area contributed by atoms with E-state index in [1.807, 2.05) is 19.1 Å². The van der Waals surface area contributed by atoms with Gasteiger partial charge in [0.2, 0.25) is 5.91 Å². The lowest BCUT2D eigenvalue weighted by Gasteiger charge is -2.12. The zero-order chi connectivity index (χ0) is 15.2. The lowest BCUT2D eigenvalue weighted by molar-refractivity contribution is -0.121. The first-order valence-corrected chi connectivity index (χ1v) is 7.54. The van der Waals surface area contributed by atoms with Crippen molar-refractivity contribution in [3.8, 4) is 5.75 Å². The first-order chi connectivity index (χ1) is 10.1. The minimum atomic E-state index is -0.534. The number of nitrogens with zero attached hydrogens (tertiary/aromatic N) is 1. The molecule has 0 saturated heterocycles. The summed E-state index contributed by atoms with van der Waals surface area (Å²) in [5, 5.41) is 2.44. The number of benzene rings is 1. The van der Waals surface area contributed by atoms with Crippen LogP contribution in [-0.2, 0) is 9.59 Å². The number of ether oxygens (including phenoxy) is 1. The highest BCUT2D eigenvalue weighted by atomic mass is 32.2. The van der Waals surface area contributed by atoms with E-state index in [1.54, 1.807) is 12.1 Å². The molecule has 2 rings (SSSR count). The van der Waals surface area contributed by atoms with Crippen LogP contribution >= 0.6 is 11.8 Å². The summed E-state index contributed by atoms with van der Waals surface area (Å²) < 4.78 is 5.57. The van der Waals surface area contributed by atoms with E-state index in [1.165, 1.54) is 0 Å². The standard InChI is InChI=1S/C14H17N3O3S/c1-2-7-20-10-6-4-3-5-9(10)16-12(18)8-11-13(19)17-14(15)21-11/h3-6,11H,2,7-8H2,1H3,(H,16,18)(H2,15,17,19)/t11-/m1/s1. The average Bonchev–Trinajstić information content (AvgIpc) is 2.75. The van der Waals surface area contributed by atoms with Gasteiger partial charge < -0.3 is 15.8 Å². The number of rotatable bonds is 6. The quantitative estimate of drug-likeness (QED) is 0.835. The number of hydrogen-bond donors (Lipinski definition) is 2. The predicted molar refractivity (Wildman–Crippen MR) is 83.5 cm³/mol. The Morgan fingerprint density at radius 2 is 2.24 bits per heavy atom. The molecule has 0 saturated carbocycles. The zero-order valence-corrected chi connectivity index (χ0v) is 12.5. The van der Waals surface area contributed by atoms with E-state index in [0.717, 1.165) is 18.2 Å². The van der Waals surface area contributed by atoms with Crippen LogP contribution < -0.4 is 15.8 Å². The van der Waals surface area contributed by atoms with Gasteiger partial charge in [-0.15, -0.1) is 0 Å². The van der Waals surface area contributed by atoms with Crippen LogP contribution in [0.2, 0.25) is 0 Å². The fourth-order valence-corrected chi connectivity index (χ4v) is 2.63. The Kier molecular flexibility index (Phi) is 5.21. The SMILES string of the molecule is CCCOc1ccccc1NC(=O)C[C@H]1SC(N)=NC1=O. The minimum Gasteiger partial charge on any atom is -0.491 e. The maximum absolute atomic E-state index is 12.0. The molecule has 0 aromatic heterocycles. The van der Waals surface area contributed by atoms with Gasteiger partial charge in [-0.2, -0.15) is 4.99 Å². The van der Waals surface area contributed by atoms with E-state index >= 15 is 0 Å². The lowest BCUT2D eigenvalue weighted by atomic mass is 10.2. The molecule has 1 heterocycles. The molecular formula is C14H17N3O3S. The predicted octanol–water partition coefficient (Wildman–Crippen LogP) is 1.76. The Bertz CT molecular complexity index is 574. The van der Waals surface area contributed by atoms with Gasteiger partial charge in [-0.1, -0.05) is 30.8 Å². The second-order valence-corrected chi connectivity index (χ2v) is 5.71. The number of para-hydroxylation sites is 2. The molecule has 0 radical (unpaired) electrons. The summed E-state index contributed by atoms with van der Waals surface area (Å²) in [6, 6.07) is 7.20. The number of aliphatic imine (C=N–C) groups is 1. The molecule has 1 aromatic carbocycles. The van der Waals surface area contributed by atoms with Crippen molar-refractivity contribution in [2.24, 2.45) is 10.7 Å². The highest BCUT2D eigenvalue weighted by Crippen LogP contribution is 2.26. The first kappa shape index (κ1) is 15.4. The first-order valence-electron chi connectivity index (χ1n) is 6.66. The number of carbonyl (C=O) groups excluding carboxylic acids is 2. The third-order valence-corrected chi connectivity index (χ3v) is 3.74. The topological polar surface area (TPSA) is 93.8 Å². The molecule has 0 bridgehead atoms. The Morgan fingerprint density at radius 3 is 2.90 bits per heavy atom. The molecule has 112 valence electrons. The van der Waals surface area contributed by atoms with Gasteiger partial charge in [0.25, 0.3) is 5.91 Å². The summed E-state index contributed by atoms with van der Waals surface area (Å²) in [6.07, 6.45) is 0.919. The molecule has 1 aliphatic rings. The number of carbonyl (C=O) groups is 2. The van der Waals surface area contributed by atoms with Crippen molar-refractivity contribution in [2.75, 3.05) is 11.9 Å². The lowest BCUT2D eigenvalue weighted by Crippen LogP contribution is -2.22. The van der Waals surface area contributed by atoms with Gasteiger partial charge in [0.05, 0.1) is 12.3 Å². The number of amidine groups is 1. The van der Waals surface area contributed by atoms with Gasteiger partial charge in [0.1, 0.15) is 11.0 Å². The summed E-state index contributed by atoms with van der Waals surface area (Å²) >= 11 is 1.12. The van der Waals surface area contributed by atoms with Crippen LogP contribution in [0.25, 0.3) is 0 Å². The van der Waals surface area contributed by atoms with Crippen LogP contribution in [-0.4, -0.2) is 28.8 Å². The molecule has 7 heteroatoms. The average molecular weight is 307 g/mol. The molecule has 1 aromatic rings. The maximum Gasteiger partial charge on any atom is 0.262 e. The molecule has 1 aliphatic heterocycles. The van der Waals surface area contributed by atoms with Crippen LogP contribution in [0.4, 0.5) is 5.69 Å². The van der Waals surface area contributed by atoms with Crippen LogP contribution in [0, 0.1) is 0 Å². The van der Waals surface area contributed by atoms with Crippen molar-refractivity contribution in [1.82, 2.24) is 0 Å². The number of amides is 2. The van der Waals surface area contributed by atoms with Crippen molar-refractivity contribution in [3.63, 3.8) is 0 Å². The van der Waals surface area contributed by atoms with Crippen LogP contribution in [0.1, 0.15) is 19.8 Å². The molecule has 0 spiro atoms. The Balaban J connectivity index is 1.95. The molecule has 0 unspecified atom stereocenters. The smallest absolute Gasteiger partial charge is 0.262 e. The van der Waals surface area contributed by atoms with Crippen molar-refractivity contribution in [1.29, 1.82) is 0 Å². The fourth-order valence-electron chi connectivity index (χ4n) is 1.81. The van der Waals surface area contributed by atoms with E-state index in [4.69, 9.17) is 10.5 Å². The number of nitrogens with one attached hydrogen (secondary N) is 1. The summed E-state index contributed by atoms with van der Waals surface area (Å²) in [6.45, 7) is 2.59. The number of anilines is 1. The number of hydrogen-bond acceptors (Lipinski definition) is 5. The van der Waals surface area contributed by atoms with Crippen molar-refractivity contribution < 1.29 is 14.3 Å². The third-order valence-electron chi connectivity index (χ3n) is 2.75. The Labute approximate surface area is 127 Å². The van der Waals surface area contributed by atoms with E-state index in [-0.39, 0.29) is 23.4 Å². The van der Waals surface area contributed by atoms with Gasteiger partial charge in [-0.05, 0) is 18.6 Å². The van der Waals surface area contributed by atoms with Crippen molar-refractivity contribution in [2.45, 2.75) is 25.0 Å². The van der Waals surface area contributed by atoms with Gasteiger partial charge >= 0.3 is 0 Å². The third kappa shape index (κ3) is 4.22. The maximum atomic E-state index is 12.0.